The van der Waals surface area contributed by atoms with E-state index in [9.17, 15) is 4.79 Å². The molecule has 0 N–H and O–H groups in total. The standard InChI is InChI=1S/C9H15ClO/c1-9(2,8-10)6-4-3-5-7-11/h4,6-7H,3,5,8H2,1-2H3. The summed E-state index contributed by atoms with van der Waals surface area (Å²) in [7, 11) is 0. The molecule has 0 saturated carbocycles. The SMILES string of the molecule is CC(C)(C=CCCC=O)CCl. The highest BCUT2D eigenvalue weighted by Gasteiger charge is 2.10. The minimum Gasteiger partial charge on any atom is -0.303 e. The van der Waals surface area contributed by atoms with Crippen molar-refractivity contribution in [3.63, 3.8) is 0 Å². The Kier molecular flexibility index (Phi) is 5.22. The monoisotopic (exact) mass is 174 g/mol. The third-order valence-electron chi connectivity index (χ3n) is 1.36. The predicted molar refractivity (Wildman–Crippen MR) is 48.9 cm³/mol. The van der Waals surface area contributed by atoms with Gasteiger partial charge in [0.25, 0.3) is 0 Å². The lowest BCUT2D eigenvalue weighted by molar-refractivity contribution is -0.107. The first-order chi connectivity index (χ1) is 5.12. The first kappa shape index (κ1) is 10.7. The highest BCUT2D eigenvalue weighted by atomic mass is 35.5. The van der Waals surface area contributed by atoms with Crippen LogP contribution in [-0.2, 0) is 4.79 Å². The number of halogens is 1. The highest BCUT2D eigenvalue weighted by Crippen LogP contribution is 2.18. The zero-order valence-electron chi connectivity index (χ0n) is 7.14. The molecule has 0 rings (SSSR count). The molecule has 0 aromatic carbocycles. The van der Waals surface area contributed by atoms with Crippen LogP contribution < -0.4 is 0 Å². The number of carbonyl (C=O) groups is 1. The minimum absolute atomic E-state index is 0.0600. The van der Waals surface area contributed by atoms with Gasteiger partial charge < -0.3 is 4.79 Å². The van der Waals surface area contributed by atoms with Crippen LogP contribution >= 0.6 is 11.6 Å². The number of carbonyl (C=O) groups excluding carboxylic acids is 1. The number of aldehydes is 1. The summed E-state index contributed by atoms with van der Waals surface area (Å²) < 4.78 is 0. The maximum absolute atomic E-state index is 9.94. The molecule has 0 aliphatic rings. The van der Waals surface area contributed by atoms with E-state index in [1.807, 2.05) is 6.08 Å². The van der Waals surface area contributed by atoms with Crippen molar-refractivity contribution in [1.29, 1.82) is 0 Å². The maximum Gasteiger partial charge on any atom is 0.120 e. The van der Waals surface area contributed by atoms with Gasteiger partial charge in [-0.05, 0) is 11.8 Å². The number of unbranched alkanes of at least 4 members (excludes halogenated alkanes) is 1. The van der Waals surface area contributed by atoms with Crippen LogP contribution in [0, 0.1) is 5.41 Å². The molecule has 0 aliphatic carbocycles. The van der Waals surface area contributed by atoms with E-state index in [-0.39, 0.29) is 5.41 Å². The van der Waals surface area contributed by atoms with Gasteiger partial charge in [0, 0.05) is 12.3 Å². The highest BCUT2D eigenvalue weighted by molar-refractivity contribution is 6.18. The van der Waals surface area contributed by atoms with Gasteiger partial charge in [-0.25, -0.2) is 0 Å². The van der Waals surface area contributed by atoms with Crippen molar-refractivity contribution >= 4 is 17.9 Å². The van der Waals surface area contributed by atoms with Crippen LogP contribution in [0.15, 0.2) is 12.2 Å². The summed E-state index contributed by atoms with van der Waals surface area (Å²) in [6, 6.07) is 0. The molecular weight excluding hydrogens is 160 g/mol. The number of hydrogen-bond acceptors (Lipinski definition) is 1. The van der Waals surface area contributed by atoms with Gasteiger partial charge in [0.2, 0.25) is 0 Å². The van der Waals surface area contributed by atoms with Gasteiger partial charge in [0.05, 0.1) is 0 Å². The molecule has 0 unspecified atom stereocenters. The average molecular weight is 175 g/mol. The lowest BCUT2D eigenvalue weighted by Gasteiger charge is -2.14. The van der Waals surface area contributed by atoms with E-state index >= 15 is 0 Å². The van der Waals surface area contributed by atoms with Crippen molar-refractivity contribution in [2.24, 2.45) is 5.41 Å². The molecule has 1 nitrogen and oxygen atoms in total. The van der Waals surface area contributed by atoms with E-state index < -0.39 is 0 Å². The maximum atomic E-state index is 9.94. The fourth-order valence-electron chi connectivity index (χ4n) is 0.611. The van der Waals surface area contributed by atoms with Gasteiger partial charge in [-0.3, -0.25) is 0 Å². The number of rotatable bonds is 5. The molecule has 0 aliphatic heterocycles. The van der Waals surface area contributed by atoms with E-state index in [1.54, 1.807) is 0 Å². The molecular formula is C9H15ClO. The van der Waals surface area contributed by atoms with Crippen LogP contribution in [0.3, 0.4) is 0 Å². The fraction of sp³-hybridized carbons (Fsp3) is 0.667. The van der Waals surface area contributed by atoms with Gasteiger partial charge in [0.15, 0.2) is 0 Å². The zero-order chi connectivity index (χ0) is 8.74. The van der Waals surface area contributed by atoms with Crippen LogP contribution in [0.25, 0.3) is 0 Å². The van der Waals surface area contributed by atoms with E-state index in [0.717, 1.165) is 12.7 Å². The molecule has 0 radical (unpaired) electrons. The van der Waals surface area contributed by atoms with E-state index in [1.165, 1.54) is 0 Å². The fourth-order valence-corrected chi connectivity index (χ4v) is 0.700. The zero-order valence-corrected chi connectivity index (χ0v) is 7.90. The first-order valence-electron chi connectivity index (χ1n) is 3.80. The smallest absolute Gasteiger partial charge is 0.120 e. The molecule has 0 saturated heterocycles. The molecule has 0 aromatic heterocycles. The molecule has 0 heterocycles. The van der Waals surface area contributed by atoms with Crippen molar-refractivity contribution in [2.45, 2.75) is 26.7 Å². The lowest BCUT2D eigenvalue weighted by atomic mass is 9.95. The number of alkyl halides is 1. The Morgan fingerprint density at radius 3 is 2.45 bits per heavy atom. The van der Waals surface area contributed by atoms with Gasteiger partial charge in [-0.1, -0.05) is 26.0 Å². The normalized spacial score (nSPS) is 12.3. The van der Waals surface area contributed by atoms with Crippen LogP contribution in [0.4, 0.5) is 0 Å². The summed E-state index contributed by atoms with van der Waals surface area (Å²) in [4.78, 5) is 9.94. The summed E-state index contributed by atoms with van der Waals surface area (Å²) in [5.41, 5.74) is 0.0600. The van der Waals surface area contributed by atoms with E-state index in [4.69, 9.17) is 11.6 Å². The second kappa shape index (κ2) is 5.36. The summed E-state index contributed by atoms with van der Waals surface area (Å²) in [6.07, 6.45) is 6.43. The molecule has 2 heteroatoms. The Morgan fingerprint density at radius 2 is 2.00 bits per heavy atom. The van der Waals surface area contributed by atoms with Crippen molar-refractivity contribution in [1.82, 2.24) is 0 Å². The molecule has 11 heavy (non-hydrogen) atoms. The van der Waals surface area contributed by atoms with Crippen molar-refractivity contribution in [2.75, 3.05) is 5.88 Å². The number of allylic oxidation sites excluding steroid dienone is 2. The summed E-state index contributed by atoms with van der Waals surface area (Å²) in [5, 5.41) is 0. The third-order valence-corrected chi connectivity index (χ3v) is 2.05. The Bertz CT molecular complexity index is 138. The first-order valence-corrected chi connectivity index (χ1v) is 4.33. The molecule has 0 atom stereocenters. The second-order valence-electron chi connectivity index (χ2n) is 3.27. The topological polar surface area (TPSA) is 17.1 Å². The second-order valence-corrected chi connectivity index (χ2v) is 3.54. The average Bonchev–Trinajstić information content (AvgIpc) is 1.99. The largest absolute Gasteiger partial charge is 0.303 e. The minimum atomic E-state index is 0.0600. The van der Waals surface area contributed by atoms with Gasteiger partial charge >= 0.3 is 0 Å². The lowest BCUT2D eigenvalue weighted by Crippen LogP contribution is -2.08. The quantitative estimate of drug-likeness (QED) is 0.271. The van der Waals surface area contributed by atoms with Gasteiger partial charge in [-0.15, -0.1) is 11.6 Å². The summed E-state index contributed by atoms with van der Waals surface area (Å²) >= 11 is 5.69. The molecule has 64 valence electrons. The molecule has 0 amide bonds. The van der Waals surface area contributed by atoms with E-state index in [0.29, 0.717) is 12.3 Å². The van der Waals surface area contributed by atoms with Gasteiger partial charge in [-0.2, -0.15) is 0 Å². The Hall–Kier alpha value is -0.300. The van der Waals surface area contributed by atoms with Crippen molar-refractivity contribution in [3.8, 4) is 0 Å². The third kappa shape index (κ3) is 6.11. The Morgan fingerprint density at radius 1 is 1.36 bits per heavy atom. The summed E-state index contributed by atoms with van der Waals surface area (Å²) in [6.45, 7) is 4.13. The van der Waals surface area contributed by atoms with E-state index in [2.05, 4.69) is 19.9 Å². The summed E-state index contributed by atoms with van der Waals surface area (Å²) in [5.74, 6) is 0.616. The van der Waals surface area contributed by atoms with Crippen LogP contribution in [-0.4, -0.2) is 12.2 Å². The van der Waals surface area contributed by atoms with Crippen LogP contribution in [0.1, 0.15) is 26.7 Å². The van der Waals surface area contributed by atoms with Crippen molar-refractivity contribution < 1.29 is 4.79 Å². The molecule has 0 fully saturated rings. The Balaban J connectivity index is 3.63. The Labute approximate surface area is 73.4 Å². The predicted octanol–water partition coefficient (Wildman–Crippen LogP) is 2.79. The molecule has 0 bridgehead atoms. The number of hydrogen-bond donors (Lipinski definition) is 0. The molecule has 0 spiro atoms. The van der Waals surface area contributed by atoms with Crippen molar-refractivity contribution in [3.05, 3.63) is 12.2 Å². The van der Waals surface area contributed by atoms with Crippen LogP contribution in [0.2, 0.25) is 0 Å². The van der Waals surface area contributed by atoms with Gasteiger partial charge in [0.1, 0.15) is 6.29 Å². The molecule has 0 aromatic rings. The van der Waals surface area contributed by atoms with Crippen LogP contribution in [0.5, 0.6) is 0 Å².